The van der Waals surface area contributed by atoms with E-state index < -0.39 is 11.6 Å². The molecule has 2 rings (SSSR count). The zero-order chi connectivity index (χ0) is 12.4. The molecule has 0 aliphatic carbocycles. The van der Waals surface area contributed by atoms with Crippen LogP contribution in [0.15, 0.2) is 26.7 Å². The summed E-state index contributed by atoms with van der Waals surface area (Å²) in [5.41, 5.74) is 5.71. The quantitative estimate of drug-likeness (QED) is 0.913. The van der Waals surface area contributed by atoms with Crippen molar-refractivity contribution < 1.29 is 13.2 Å². The fraction of sp³-hybridized carbons (Fsp3) is 0.200. The highest BCUT2D eigenvalue weighted by Crippen LogP contribution is 2.31. The normalized spacial score (nSPS) is 10.8. The van der Waals surface area contributed by atoms with Crippen LogP contribution < -0.4 is 5.73 Å². The Kier molecular flexibility index (Phi) is 3.39. The number of halogens is 2. The molecule has 0 aliphatic heterocycles. The van der Waals surface area contributed by atoms with Crippen molar-refractivity contribution in [1.29, 1.82) is 0 Å². The molecule has 2 N–H and O–H groups in total. The number of rotatable bonds is 3. The third kappa shape index (κ3) is 2.62. The molecule has 1 heterocycles. The Morgan fingerprint density at radius 2 is 1.94 bits per heavy atom. The van der Waals surface area contributed by atoms with Gasteiger partial charge in [0.15, 0.2) is 0 Å². The van der Waals surface area contributed by atoms with Crippen LogP contribution in [0.1, 0.15) is 11.5 Å². The minimum atomic E-state index is -0.689. The van der Waals surface area contributed by atoms with Crippen molar-refractivity contribution in [3.05, 3.63) is 35.2 Å². The number of nitrogens with zero attached hydrogens (tertiary/aromatic N) is 2. The molecule has 0 aliphatic rings. The Hall–Kier alpha value is -1.47. The van der Waals surface area contributed by atoms with Crippen LogP contribution in [0.2, 0.25) is 0 Å². The molecule has 0 atom stereocenters. The summed E-state index contributed by atoms with van der Waals surface area (Å²) in [5, 5.41) is 7.33. The van der Waals surface area contributed by atoms with E-state index in [0.29, 0.717) is 11.5 Å². The van der Waals surface area contributed by atoms with Crippen LogP contribution in [0.25, 0.3) is 0 Å². The van der Waals surface area contributed by atoms with Crippen molar-refractivity contribution in [2.75, 3.05) is 0 Å². The van der Waals surface area contributed by atoms with Crippen LogP contribution in [0.5, 0.6) is 0 Å². The van der Waals surface area contributed by atoms with Gasteiger partial charge in [0.2, 0.25) is 5.89 Å². The minimum Gasteiger partial charge on any atom is -0.416 e. The SMILES string of the molecule is Cc1nnc(Sc2c(F)cc(CN)cc2F)o1. The maximum atomic E-state index is 13.6. The smallest absolute Gasteiger partial charge is 0.281 e. The Balaban J connectivity index is 2.33. The lowest BCUT2D eigenvalue weighted by atomic mass is 10.2. The second kappa shape index (κ2) is 4.80. The van der Waals surface area contributed by atoms with Crippen molar-refractivity contribution in [2.24, 2.45) is 5.73 Å². The lowest BCUT2D eigenvalue weighted by Gasteiger charge is -2.04. The molecular formula is C10H9F2N3OS. The highest BCUT2D eigenvalue weighted by atomic mass is 32.2. The van der Waals surface area contributed by atoms with Crippen LogP contribution in [-0.2, 0) is 6.54 Å². The summed E-state index contributed by atoms with van der Waals surface area (Å²) >= 11 is 0.750. The van der Waals surface area contributed by atoms with Gasteiger partial charge in [0, 0.05) is 13.5 Å². The summed E-state index contributed by atoms with van der Waals surface area (Å²) < 4.78 is 32.2. The van der Waals surface area contributed by atoms with E-state index in [1.807, 2.05) is 0 Å². The lowest BCUT2D eigenvalue weighted by molar-refractivity contribution is 0.427. The van der Waals surface area contributed by atoms with Gasteiger partial charge in [0.05, 0.1) is 4.90 Å². The van der Waals surface area contributed by atoms with Crippen LogP contribution in [-0.4, -0.2) is 10.2 Å². The predicted molar refractivity (Wildman–Crippen MR) is 57.4 cm³/mol. The average molecular weight is 257 g/mol. The van der Waals surface area contributed by atoms with Crippen LogP contribution in [0, 0.1) is 18.6 Å². The number of aromatic nitrogens is 2. The average Bonchev–Trinajstić information content (AvgIpc) is 2.69. The van der Waals surface area contributed by atoms with E-state index in [4.69, 9.17) is 10.2 Å². The van der Waals surface area contributed by atoms with Crippen LogP contribution in [0.3, 0.4) is 0 Å². The van der Waals surface area contributed by atoms with E-state index in [-0.39, 0.29) is 16.7 Å². The fourth-order valence-corrected chi connectivity index (χ4v) is 1.97. The van der Waals surface area contributed by atoms with Gasteiger partial charge in [-0.3, -0.25) is 0 Å². The molecule has 4 nitrogen and oxygen atoms in total. The van der Waals surface area contributed by atoms with Crippen molar-refractivity contribution in [2.45, 2.75) is 23.6 Å². The van der Waals surface area contributed by atoms with E-state index in [2.05, 4.69) is 10.2 Å². The first kappa shape index (κ1) is 12.0. The van der Waals surface area contributed by atoms with Gasteiger partial charge >= 0.3 is 0 Å². The van der Waals surface area contributed by atoms with E-state index >= 15 is 0 Å². The Bertz CT molecular complexity index is 521. The molecule has 0 spiro atoms. The summed E-state index contributed by atoms with van der Waals surface area (Å²) in [7, 11) is 0. The predicted octanol–water partition coefficient (Wildman–Crippen LogP) is 2.27. The number of hydrogen-bond acceptors (Lipinski definition) is 5. The van der Waals surface area contributed by atoms with Gasteiger partial charge in [-0.15, -0.1) is 10.2 Å². The first-order chi connectivity index (χ1) is 8.10. The molecule has 0 saturated heterocycles. The van der Waals surface area contributed by atoms with Gasteiger partial charge in [-0.1, -0.05) is 0 Å². The molecule has 0 amide bonds. The molecule has 7 heteroatoms. The summed E-state index contributed by atoms with van der Waals surface area (Å²) in [5.74, 6) is -1.04. The fourth-order valence-electron chi connectivity index (χ4n) is 1.23. The summed E-state index contributed by atoms with van der Waals surface area (Å²) in [6.45, 7) is 1.68. The topological polar surface area (TPSA) is 64.9 Å². The first-order valence-electron chi connectivity index (χ1n) is 4.76. The highest BCUT2D eigenvalue weighted by molar-refractivity contribution is 7.99. The van der Waals surface area contributed by atoms with Crippen LogP contribution >= 0.6 is 11.8 Å². The largest absolute Gasteiger partial charge is 0.416 e. The monoisotopic (exact) mass is 257 g/mol. The van der Waals surface area contributed by atoms with E-state index in [9.17, 15) is 8.78 Å². The third-order valence-electron chi connectivity index (χ3n) is 1.99. The number of nitrogens with two attached hydrogens (primary N) is 1. The summed E-state index contributed by atoms with van der Waals surface area (Å²) in [4.78, 5) is -0.175. The zero-order valence-electron chi connectivity index (χ0n) is 8.91. The molecule has 90 valence electrons. The highest BCUT2D eigenvalue weighted by Gasteiger charge is 2.15. The van der Waals surface area contributed by atoms with Crippen molar-refractivity contribution in [3.8, 4) is 0 Å². The van der Waals surface area contributed by atoms with Gasteiger partial charge in [-0.05, 0) is 29.5 Å². The van der Waals surface area contributed by atoms with E-state index in [0.717, 1.165) is 11.8 Å². The Morgan fingerprint density at radius 1 is 1.29 bits per heavy atom. The molecule has 17 heavy (non-hydrogen) atoms. The van der Waals surface area contributed by atoms with E-state index in [1.54, 1.807) is 6.92 Å². The molecule has 1 aromatic carbocycles. The molecule has 0 saturated carbocycles. The second-order valence-corrected chi connectivity index (χ2v) is 4.24. The van der Waals surface area contributed by atoms with Crippen molar-refractivity contribution in [1.82, 2.24) is 10.2 Å². The molecule has 0 unspecified atom stereocenters. The third-order valence-corrected chi connectivity index (χ3v) is 2.92. The molecule has 0 fully saturated rings. The maximum absolute atomic E-state index is 13.6. The van der Waals surface area contributed by atoms with E-state index in [1.165, 1.54) is 12.1 Å². The molecule has 0 radical (unpaired) electrons. The molecular weight excluding hydrogens is 248 g/mol. The Morgan fingerprint density at radius 3 is 2.41 bits per heavy atom. The number of aryl methyl sites for hydroxylation is 1. The molecule has 1 aromatic heterocycles. The van der Waals surface area contributed by atoms with Gasteiger partial charge in [-0.2, -0.15) is 0 Å². The minimum absolute atomic E-state index is 0.0818. The van der Waals surface area contributed by atoms with Gasteiger partial charge in [0.1, 0.15) is 11.6 Å². The standard InChI is InChI=1S/C10H9F2N3OS/c1-5-14-15-10(16-5)17-9-7(11)2-6(4-13)3-8(9)12/h2-3H,4,13H2,1H3. The van der Waals surface area contributed by atoms with Gasteiger partial charge < -0.3 is 10.2 Å². The van der Waals surface area contributed by atoms with Gasteiger partial charge in [0.25, 0.3) is 5.22 Å². The lowest BCUT2D eigenvalue weighted by Crippen LogP contribution is -1.99. The first-order valence-corrected chi connectivity index (χ1v) is 5.57. The Labute approximate surface area is 100 Å². The number of hydrogen-bond donors (Lipinski definition) is 1. The second-order valence-electron chi connectivity index (χ2n) is 3.28. The number of benzene rings is 1. The molecule has 0 bridgehead atoms. The summed E-state index contributed by atoms with van der Waals surface area (Å²) in [6.07, 6.45) is 0. The van der Waals surface area contributed by atoms with Crippen LogP contribution in [0.4, 0.5) is 8.78 Å². The van der Waals surface area contributed by atoms with Gasteiger partial charge in [-0.25, -0.2) is 8.78 Å². The molecule has 2 aromatic rings. The van der Waals surface area contributed by atoms with Crippen molar-refractivity contribution in [3.63, 3.8) is 0 Å². The zero-order valence-corrected chi connectivity index (χ0v) is 9.72. The van der Waals surface area contributed by atoms with Crippen molar-refractivity contribution >= 4 is 11.8 Å². The summed E-state index contributed by atoms with van der Waals surface area (Å²) in [6, 6.07) is 2.38. The maximum Gasteiger partial charge on any atom is 0.281 e.